The Balaban J connectivity index is 2.84. The summed E-state index contributed by atoms with van der Waals surface area (Å²) in [5.74, 6) is 11.5. The second kappa shape index (κ2) is 7.28. The van der Waals surface area contributed by atoms with Crippen molar-refractivity contribution in [2.75, 3.05) is 0 Å². The molecule has 1 aromatic rings. The normalized spacial score (nSPS) is 11.8. The lowest BCUT2D eigenvalue weighted by atomic mass is 10.0. The SMILES string of the molecule is CC#CCCC(NN)c1cc(I)ccc1Br. The van der Waals surface area contributed by atoms with E-state index >= 15 is 0 Å². The van der Waals surface area contributed by atoms with Crippen LogP contribution in [-0.4, -0.2) is 0 Å². The van der Waals surface area contributed by atoms with Gasteiger partial charge in [-0.2, -0.15) is 0 Å². The molecule has 1 unspecified atom stereocenters. The van der Waals surface area contributed by atoms with E-state index in [1.165, 1.54) is 9.13 Å². The van der Waals surface area contributed by atoms with Crippen molar-refractivity contribution in [2.24, 2.45) is 5.84 Å². The van der Waals surface area contributed by atoms with Crippen molar-refractivity contribution >= 4 is 38.5 Å². The average Bonchev–Trinajstić information content (AvgIpc) is 2.28. The van der Waals surface area contributed by atoms with Crippen molar-refractivity contribution in [3.8, 4) is 11.8 Å². The fourth-order valence-corrected chi connectivity index (χ4v) is 2.49. The highest BCUT2D eigenvalue weighted by Crippen LogP contribution is 2.27. The summed E-state index contributed by atoms with van der Waals surface area (Å²) in [6.07, 6.45) is 1.76. The first-order valence-electron chi connectivity index (χ1n) is 4.99. The maximum atomic E-state index is 5.58. The number of nitrogens with one attached hydrogen (secondary N) is 1. The van der Waals surface area contributed by atoms with Crippen LogP contribution in [0, 0.1) is 15.4 Å². The molecule has 0 aliphatic carbocycles. The molecule has 0 saturated carbocycles. The molecule has 3 N–H and O–H groups in total. The predicted octanol–water partition coefficient (Wildman–Crippen LogP) is 3.36. The van der Waals surface area contributed by atoms with Crippen molar-refractivity contribution in [1.82, 2.24) is 5.43 Å². The zero-order valence-electron chi connectivity index (χ0n) is 9.06. The van der Waals surface area contributed by atoms with Crippen molar-refractivity contribution in [1.29, 1.82) is 0 Å². The maximum absolute atomic E-state index is 5.58. The van der Waals surface area contributed by atoms with Crippen molar-refractivity contribution in [3.05, 3.63) is 31.8 Å². The summed E-state index contributed by atoms with van der Waals surface area (Å²) in [5.41, 5.74) is 4.03. The van der Waals surface area contributed by atoms with Gasteiger partial charge in [0.2, 0.25) is 0 Å². The Kier molecular flexibility index (Phi) is 6.36. The van der Waals surface area contributed by atoms with Crippen molar-refractivity contribution in [3.63, 3.8) is 0 Å². The molecule has 0 spiro atoms. The minimum atomic E-state index is 0.143. The van der Waals surface area contributed by atoms with Crippen LogP contribution in [-0.2, 0) is 0 Å². The van der Waals surface area contributed by atoms with Crippen LogP contribution in [0.15, 0.2) is 22.7 Å². The summed E-state index contributed by atoms with van der Waals surface area (Å²) < 4.78 is 2.29. The van der Waals surface area contributed by atoms with Gasteiger partial charge in [0.1, 0.15) is 0 Å². The van der Waals surface area contributed by atoms with E-state index < -0.39 is 0 Å². The molecular weight excluding hydrogens is 379 g/mol. The summed E-state index contributed by atoms with van der Waals surface area (Å²) in [6, 6.07) is 6.39. The highest BCUT2D eigenvalue weighted by atomic mass is 127. The van der Waals surface area contributed by atoms with Crippen molar-refractivity contribution in [2.45, 2.75) is 25.8 Å². The molecule has 0 fully saturated rings. The molecule has 0 bridgehead atoms. The third kappa shape index (κ3) is 4.06. The fourth-order valence-electron chi connectivity index (χ4n) is 1.45. The smallest absolute Gasteiger partial charge is 0.0480 e. The minimum Gasteiger partial charge on any atom is -0.271 e. The standard InChI is InChI=1S/C12H14BrIN2/c1-2-3-4-5-12(16-15)10-8-9(14)6-7-11(10)13/h6-8,12,16H,4-5,15H2,1H3. The summed E-state index contributed by atoms with van der Waals surface area (Å²) >= 11 is 5.85. The van der Waals surface area contributed by atoms with E-state index in [2.05, 4.69) is 67.9 Å². The van der Waals surface area contributed by atoms with Gasteiger partial charge >= 0.3 is 0 Å². The van der Waals surface area contributed by atoms with E-state index in [1.807, 2.05) is 13.0 Å². The number of halogens is 2. The summed E-state index contributed by atoms with van der Waals surface area (Å²) in [6.45, 7) is 1.85. The van der Waals surface area contributed by atoms with Gasteiger partial charge in [-0.1, -0.05) is 15.9 Å². The van der Waals surface area contributed by atoms with E-state index in [-0.39, 0.29) is 6.04 Å². The molecule has 16 heavy (non-hydrogen) atoms. The van der Waals surface area contributed by atoms with Gasteiger partial charge in [-0.15, -0.1) is 11.8 Å². The number of nitrogens with two attached hydrogens (primary N) is 1. The molecule has 0 aliphatic heterocycles. The molecule has 0 aromatic heterocycles. The van der Waals surface area contributed by atoms with Crippen LogP contribution in [0.2, 0.25) is 0 Å². The lowest BCUT2D eigenvalue weighted by molar-refractivity contribution is 0.522. The molecule has 0 heterocycles. The molecular formula is C12H14BrIN2. The number of hydrogen-bond acceptors (Lipinski definition) is 2. The Labute approximate surface area is 119 Å². The first-order valence-corrected chi connectivity index (χ1v) is 6.87. The zero-order chi connectivity index (χ0) is 12.0. The molecule has 1 atom stereocenters. The quantitative estimate of drug-likeness (QED) is 0.357. The van der Waals surface area contributed by atoms with E-state index in [1.54, 1.807) is 0 Å². The fraction of sp³-hybridized carbons (Fsp3) is 0.333. The lowest BCUT2D eigenvalue weighted by Crippen LogP contribution is -2.28. The van der Waals surface area contributed by atoms with Gasteiger partial charge in [0.15, 0.2) is 0 Å². The Morgan fingerprint density at radius 1 is 1.56 bits per heavy atom. The van der Waals surface area contributed by atoms with Gasteiger partial charge < -0.3 is 0 Å². The van der Waals surface area contributed by atoms with Crippen LogP contribution in [0.3, 0.4) is 0 Å². The van der Waals surface area contributed by atoms with Crippen molar-refractivity contribution < 1.29 is 0 Å². The van der Waals surface area contributed by atoms with Gasteiger partial charge in [-0.25, -0.2) is 0 Å². The average molecular weight is 393 g/mol. The Bertz CT molecular complexity index is 409. The van der Waals surface area contributed by atoms with Gasteiger partial charge in [0.25, 0.3) is 0 Å². The van der Waals surface area contributed by atoms with Gasteiger partial charge in [-0.3, -0.25) is 11.3 Å². The Hall–Kier alpha value is -0.0900. The van der Waals surface area contributed by atoms with Crippen LogP contribution in [0.25, 0.3) is 0 Å². The molecule has 86 valence electrons. The molecule has 0 saturated heterocycles. The molecule has 1 rings (SSSR count). The first kappa shape index (κ1) is 14.0. The first-order chi connectivity index (χ1) is 7.69. The van der Waals surface area contributed by atoms with Crippen LogP contribution >= 0.6 is 38.5 Å². The second-order valence-corrected chi connectivity index (χ2v) is 5.45. The summed E-state index contributed by atoms with van der Waals surface area (Å²) in [7, 11) is 0. The predicted molar refractivity (Wildman–Crippen MR) is 79.6 cm³/mol. The largest absolute Gasteiger partial charge is 0.271 e. The van der Waals surface area contributed by atoms with E-state index in [9.17, 15) is 0 Å². The number of rotatable bonds is 4. The van der Waals surface area contributed by atoms with E-state index in [4.69, 9.17) is 5.84 Å². The van der Waals surface area contributed by atoms with Crippen LogP contribution in [0.4, 0.5) is 0 Å². The molecule has 0 aliphatic rings. The number of benzene rings is 1. The number of hydrogen-bond donors (Lipinski definition) is 2. The number of hydrazine groups is 1. The minimum absolute atomic E-state index is 0.143. The Morgan fingerprint density at radius 2 is 2.31 bits per heavy atom. The molecule has 0 radical (unpaired) electrons. The topological polar surface area (TPSA) is 38.0 Å². The van der Waals surface area contributed by atoms with Gasteiger partial charge in [0, 0.05) is 20.5 Å². The zero-order valence-corrected chi connectivity index (χ0v) is 12.8. The summed E-state index contributed by atoms with van der Waals surface area (Å²) in [5, 5.41) is 0. The van der Waals surface area contributed by atoms with Crippen LogP contribution in [0.5, 0.6) is 0 Å². The monoisotopic (exact) mass is 392 g/mol. The highest BCUT2D eigenvalue weighted by molar-refractivity contribution is 14.1. The highest BCUT2D eigenvalue weighted by Gasteiger charge is 2.12. The van der Waals surface area contributed by atoms with Gasteiger partial charge in [-0.05, 0) is 59.7 Å². The second-order valence-electron chi connectivity index (χ2n) is 3.35. The third-order valence-electron chi connectivity index (χ3n) is 2.27. The van der Waals surface area contributed by atoms with Crippen LogP contribution in [0.1, 0.15) is 31.4 Å². The van der Waals surface area contributed by atoms with Gasteiger partial charge in [0.05, 0.1) is 0 Å². The van der Waals surface area contributed by atoms with Crippen LogP contribution < -0.4 is 11.3 Å². The van der Waals surface area contributed by atoms with E-state index in [0.717, 1.165) is 17.3 Å². The molecule has 1 aromatic carbocycles. The maximum Gasteiger partial charge on any atom is 0.0480 e. The van der Waals surface area contributed by atoms with E-state index in [0.29, 0.717) is 0 Å². The third-order valence-corrected chi connectivity index (χ3v) is 3.66. The molecule has 4 heteroatoms. The summed E-state index contributed by atoms with van der Waals surface area (Å²) in [4.78, 5) is 0. The molecule has 0 amide bonds. The molecule has 2 nitrogen and oxygen atoms in total. The Morgan fingerprint density at radius 3 is 2.94 bits per heavy atom. The lowest BCUT2D eigenvalue weighted by Gasteiger charge is -2.17.